The standard InChI is InChI=1S/C18H17N5OS/c24-17(19-12-16-22-21-15-8-3-4-11-23(15)16)9-5-10-18-20-13-6-1-2-7-14(13)25-18/h1-4,6-8,11H,5,9-10,12H2,(H,19,24). The Labute approximate surface area is 148 Å². The Morgan fingerprint density at radius 2 is 2.00 bits per heavy atom. The Bertz CT molecular complexity index is 989. The van der Waals surface area contributed by atoms with Gasteiger partial charge in [-0.1, -0.05) is 18.2 Å². The van der Waals surface area contributed by atoms with Crippen LogP contribution in [0, 0.1) is 0 Å². The number of rotatable bonds is 6. The van der Waals surface area contributed by atoms with E-state index < -0.39 is 0 Å². The number of pyridine rings is 1. The molecule has 0 spiro atoms. The zero-order valence-corrected chi connectivity index (χ0v) is 14.4. The van der Waals surface area contributed by atoms with Gasteiger partial charge in [-0.15, -0.1) is 21.5 Å². The highest BCUT2D eigenvalue weighted by Gasteiger charge is 2.08. The van der Waals surface area contributed by atoms with E-state index in [4.69, 9.17) is 0 Å². The van der Waals surface area contributed by atoms with Crippen LogP contribution in [0.2, 0.25) is 0 Å². The van der Waals surface area contributed by atoms with E-state index in [1.165, 1.54) is 4.70 Å². The van der Waals surface area contributed by atoms with Crippen LogP contribution in [-0.4, -0.2) is 25.5 Å². The van der Waals surface area contributed by atoms with E-state index in [9.17, 15) is 4.79 Å². The molecule has 7 heteroatoms. The molecular formula is C18H17N5OS. The molecule has 0 unspecified atom stereocenters. The van der Waals surface area contributed by atoms with Gasteiger partial charge in [-0.2, -0.15) is 0 Å². The Morgan fingerprint density at radius 3 is 2.92 bits per heavy atom. The van der Waals surface area contributed by atoms with Crippen LogP contribution < -0.4 is 5.32 Å². The number of benzene rings is 1. The van der Waals surface area contributed by atoms with Crippen molar-refractivity contribution in [2.75, 3.05) is 0 Å². The van der Waals surface area contributed by atoms with Gasteiger partial charge >= 0.3 is 0 Å². The first-order valence-electron chi connectivity index (χ1n) is 8.19. The van der Waals surface area contributed by atoms with Crippen LogP contribution in [0.3, 0.4) is 0 Å². The van der Waals surface area contributed by atoms with E-state index in [-0.39, 0.29) is 5.91 Å². The third-order valence-corrected chi connectivity index (χ3v) is 5.06. The van der Waals surface area contributed by atoms with Crippen LogP contribution in [-0.2, 0) is 17.8 Å². The second kappa shape index (κ2) is 6.98. The molecule has 4 aromatic rings. The average Bonchev–Trinajstić information content (AvgIpc) is 3.23. The molecule has 0 saturated heterocycles. The third kappa shape index (κ3) is 3.51. The molecule has 6 nitrogen and oxygen atoms in total. The van der Waals surface area contributed by atoms with Gasteiger partial charge in [-0.3, -0.25) is 9.20 Å². The van der Waals surface area contributed by atoms with Gasteiger partial charge in [-0.05, 0) is 37.1 Å². The van der Waals surface area contributed by atoms with Crippen molar-refractivity contribution in [3.8, 4) is 0 Å². The predicted molar refractivity (Wildman–Crippen MR) is 97.4 cm³/mol. The fraction of sp³-hybridized carbons (Fsp3) is 0.222. The van der Waals surface area contributed by atoms with Gasteiger partial charge in [0.1, 0.15) is 0 Å². The molecule has 25 heavy (non-hydrogen) atoms. The zero-order chi connectivity index (χ0) is 17.1. The van der Waals surface area contributed by atoms with Gasteiger partial charge < -0.3 is 5.32 Å². The Balaban J connectivity index is 1.27. The fourth-order valence-corrected chi connectivity index (χ4v) is 3.71. The smallest absolute Gasteiger partial charge is 0.220 e. The number of carbonyl (C=O) groups excluding carboxylic acids is 1. The van der Waals surface area contributed by atoms with Crippen LogP contribution in [0.1, 0.15) is 23.7 Å². The lowest BCUT2D eigenvalue weighted by atomic mass is 10.2. The topological polar surface area (TPSA) is 72.2 Å². The van der Waals surface area contributed by atoms with Crippen LogP contribution in [0.15, 0.2) is 48.7 Å². The molecule has 3 heterocycles. The summed E-state index contributed by atoms with van der Waals surface area (Å²) in [4.78, 5) is 16.6. The number of aryl methyl sites for hydroxylation is 1. The fourth-order valence-electron chi connectivity index (χ4n) is 2.70. The summed E-state index contributed by atoms with van der Waals surface area (Å²) >= 11 is 1.70. The summed E-state index contributed by atoms with van der Waals surface area (Å²) in [6.45, 7) is 0.380. The van der Waals surface area contributed by atoms with Crippen molar-refractivity contribution in [2.45, 2.75) is 25.8 Å². The van der Waals surface area contributed by atoms with Crippen molar-refractivity contribution in [1.82, 2.24) is 24.9 Å². The normalized spacial score (nSPS) is 11.2. The van der Waals surface area contributed by atoms with E-state index in [1.54, 1.807) is 11.3 Å². The van der Waals surface area contributed by atoms with Crippen molar-refractivity contribution in [3.63, 3.8) is 0 Å². The highest BCUT2D eigenvalue weighted by Crippen LogP contribution is 2.22. The minimum atomic E-state index is 0.0220. The monoisotopic (exact) mass is 351 g/mol. The molecule has 0 atom stereocenters. The van der Waals surface area contributed by atoms with Gasteiger partial charge in [0.25, 0.3) is 0 Å². The maximum atomic E-state index is 12.1. The first kappa shape index (κ1) is 15.7. The molecule has 1 N–H and O–H groups in total. The number of hydrogen-bond acceptors (Lipinski definition) is 5. The van der Waals surface area contributed by atoms with Crippen molar-refractivity contribution < 1.29 is 4.79 Å². The van der Waals surface area contributed by atoms with Crippen LogP contribution in [0.4, 0.5) is 0 Å². The molecule has 0 aliphatic rings. The molecule has 1 aromatic carbocycles. The molecule has 0 fully saturated rings. The minimum Gasteiger partial charge on any atom is -0.349 e. The summed E-state index contributed by atoms with van der Waals surface area (Å²) in [5, 5.41) is 12.2. The van der Waals surface area contributed by atoms with Gasteiger partial charge in [0.2, 0.25) is 5.91 Å². The van der Waals surface area contributed by atoms with Crippen LogP contribution in [0.5, 0.6) is 0 Å². The number of amides is 1. The van der Waals surface area contributed by atoms with E-state index in [2.05, 4.69) is 26.6 Å². The Hall–Kier alpha value is -2.80. The first-order valence-corrected chi connectivity index (χ1v) is 9.01. The maximum Gasteiger partial charge on any atom is 0.220 e. The van der Waals surface area contributed by atoms with E-state index in [0.717, 1.165) is 34.8 Å². The Kier molecular flexibility index (Phi) is 4.39. The summed E-state index contributed by atoms with van der Waals surface area (Å²) in [7, 11) is 0. The third-order valence-electron chi connectivity index (χ3n) is 3.96. The molecule has 0 radical (unpaired) electrons. The first-order chi connectivity index (χ1) is 12.3. The number of para-hydroxylation sites is 1. The highest BCUT2D eigenvalue weighted by atomic mass is 32.1. The number of nitrogens with one attached hydrogen (secondary N) is 1. The molecule has 4 rings (SSSR count). The lowest BCUT2D eigenvalue weighted by Crippen LogP contribution is -2.23. The largest absolute Gasteiger partial charge is 0.349 e. The predicted octanol–water partition coefficient (Wildman–Crippen LogP) is 2.98. The number of hydrogen-bond donors (Lipinski definition) is 1. The molecule has 1 amide bonds. The highest BCUT2D eigenvalue weighted by molar-refractivity contribution is 7.18. The lowest BCUT2D eigenvalue weighted by molar-refractivity contribution is -0.121. The van der Waals surface area contributed by atoms with E-state index >= 15 is 0 Å². The molecule has 0 aliphatic heterocycles. The van der Waals surface area contributed by atoms with Gasteiger partial charge in [-0.25, -0.2) is 4.98 Å². The van der Waals surface area contributed by atoms with Crippen LogP contribution >= 0.6 is 11.3 Å². The number of fused-ring (bicyclic) bond motifs is 2. The molecule has 0 saturated carbocycles. The number of carbonyl (C=O) groups is 1. The molecular weight excluding hydrogens is 334 g/mol. The summed E-state index contributed by atoms with van der Waals surface area (Å²) in [5.41, 5.74) is 1.81. The zero-order valence-electron chi connectivity index (χ0n) is 13.6. The molecule has 0 bridgehead atoms. The summed E-state index contributed by atoms with van der Waals surface area (Å²) < 4.78 is 3.07. The second-order valence-corrected chi connectivity index (χ2v) is 6.87. The van der Waals surface area contributed by atoms with Crippen molar-refractivity contribution >= 4 is 33.1 Å². The SMILES string of the molecule is O=C(CCCc1nc2ccccc2s1)NCc1nnc2ccccn12. The number of thiazole rings is 1. The molecule has 3 aromatic heterocycles. The van der Waals surface area contributed by atoms with Gasteiger partial charge in [0.05, 0.1) is 21.8 Å². The number of aromatic nitrogens is 4. The van der Waals surface area contributed by atoms with Crippen molar-refractivity contribution in [3.05, 3.63) is 59.5 Å². The van der Waals surface area contributed by atoms with Gasteiger partial charge in [0.15, 0.2) is 11.5 Å². The minimum absolute atomic E-state index is 0.0220. The van der Waals surface area contributed by atoms with Crippen LogP contribution in [0.25, 0.3) is 15.9 Å². The summed E-state index contributed by atoms with van der Waals surface area (Å²) in [6.07, 6.45) is 3.98. The van der Waals surface area contributed by atoms with E-state index in [0.29, 0.717) is 13.0 Å². The lowest BCUT2D eigenvalue weighted by Gasteiger charge is -2.03. The average molecular weight is 351 g/mol. The maximum absolute atomic E-state index is 12.1. The Morgan fingerprint density at radius 1 is 1.12 bits per heavy atom. The molecule has 0 aliphatic carbocycles. The van der Waals surface area contributed by atoms with Gasteiger partial charge in [0, 0.05) is 12.6 Å². The second-order valence-electron chi connectivity index (χ2n) is 5.75. The quantitative estimate of drug-likeness (QED) is 0.580. The van der Waals surface area contributed by atoms with E-state index in [1.807, 2.05) is 47.0 Å². The van der Waals surface area contributed by atoms with Crippen molar-refractivity contribution in [1.29, 1.82) is 0 Å². The summed E-state index contributed by atoms with van der Waals surface area (Å²) in [6, 6.07) is 13.8. The number of nitrogens with zero attached hydrogens (tertiary/aromatic N) is 4. The molecule has 126 valence electrons. The van der Waals surface area contributed by atoms with Crippen molar-refractivity contribution in [2.24, 2.45) is 0 Å². The summed E-state index contributed by atoms with van der Waals surface area (Å²) in [5.74, 6) is 0.754.